The molecule has 19 heavy (non-hydrogen) atoms. The first-order valence-electron chi connectivity index (χ1n) is 6.31. The molecule has 0 unspecified atom stereocenters. The third kappa shape index (κ3) is 2.05. The third-order valence-corrected chi connectivity index (χ3v) is 6.26. The summed E-state index contributed by atoms with van der Waals surface area (Å²) in [6.45, 7) is 0. The number of thioether (sulfide) groups is 2. The molecular formula is C17H12S2. The van der Waals surface area contributed by atoms with Crippen LogP contribution in [0, 0.1) is 0 Å². The van der Waals surface area contributed by atoms with Crippen LogP contribution in [0.15, 0.2) is 76.5 Å². The van der Waals surface area contributed by atoms with E-state index >= 15 is 0 Å². The minimum absolute atomic E-state index is 0.488. The van der Waals surface area contributed by atoms with Gasteiger partial charge in [0.1, 0.15) is 0 Å². The zero-order chi connectivity index (χ0) is 12.7. The summed E-state index contributed by atoms with van der Waals surface area (Å²) in [6, 6.07) is 24.1. The quantitative estimate of drug-likeness (QED) is 0.557. The predicted molar refractivity (Wildman–Crippen MR) is 84.8 cm³/mol. The summed E-state index contributed by atoms with van der Waals surface area (Å²) in [5, 5.41) is 2.65. The highest BCUT2D eigenvalue weighted by atomic mass is 32.2. The average molecular weight is 280 g/mol. The van der Waals surface area contributed by atoms with E-state index in [0.29, 0.717) is 4.58 Å². The molecule has 4 rings (SSSR count). The van der Waals surface area contributed by atoms with Crippen LogP contribution in [0.5, 0.6) is 0 Å². The van der Waals surface area contributed by atoms with Crippen molar-refractivity contribution in [1.82, 2.24) is 0 Å². The van der Waals surface area contributed by atoms with Crippen LogP contribution in [0.25, 0.3) is 10.8 Å². The van der Waals surface area contributed by atoms with Crippen LogP contribution >= 0.6 is 23.5 Å². The fraction of sp³-hybridized carbons (Fsp3) is 0.0588. The van der Waals surface area contributed by atoms with Crippen LogP contribution in [0.4, 0.5) is 0 Å². The van der Waals surface area contributed by atoms with E-state index in [1.807, 2.05) is 23.5 Å². The molecule has 3 aromatic rings. The molecule has 1 aliphatic heterocycles. The van der Waals surface area contributed by atoms with Crippen molar-refractivity contribution in [2.45, 2.75) is 14.4 Å². The molecule has 0 N–H and O–H groups in total. The van der Waals surface area contributed by atoms with E-state index in [2.05, 4.69) is 66.7 Å². The molecule has 0 radical (unpaired) electrons. The highest BCUT2D eigenvalue weighted by Crippen LogP contribution is 2.56. The van der Waals surface area contributed by atoms with Gasteiger partial charge in [0.05, 0.1) is 4.58 Å². The number of benzene rings is 3. The Morgan fingerprint density at radius 2 is 1.26 bits per heavy atom. The largest absolute Gasteiger partial charge is 0.105 e. The molecule has 0 amide bonds. The summed E-state index contributed by atoms with van der Waals surface area (Å²) in [5.74, 6) is 0. The first-order chi connectivity index (χ1) is 9.40. The molecule has 2 heteroatoms. The van der Waals surface area contributed by atoms with Crippen molar-refractivity contribution in [3.8, 4) is 0 Å². The molecule has 1 heterocycles. The topological polar surface area (TPSA) is 0 Å². The van der Waals surface area contributed by atoms with Gasteiger partial charge in [-0.2, -0.15) is 0 Å². The summed E-state index contributed by atoms with van der Waals surface area (Å²) in [5.41, 5.74) is 1.41. The summed E-state index contributed by atoms with van der Waals surface area (Å²) in [7, 11) is 0. The van der Waals surface area contributed by atoms with Crippen molar-refractivity contribution in [1.29, 1.82) is 0 Å². The van der Waals surface area contributed by atoms with Gasteiger partial charge in [-0.3, -0.25) is 0 Å². The minimum Gasteiger partial charge on any atom is -0.105 e. The van der Waals surface area contributed by atoms with Crippen molar-refractivity contribution in [2.24, 2.45) is 0 Å². The average Bonchev–Trinajstić information content (AvgIpc) is 2.90. The van der Waals surface area contributed by atoms with Crippen molar-refractivity contribution < 1.29 is 0 Å². The van der Waals surface area contributed by atoms with Crippen LogP contribution in [0.3, 0.4) is 0 Å². The van der Waals surface area contributed by atoms with E-state index in [9.17, 15) is 0 Å². The van der Waals surface area contributed by atoms with Gasteiger partial charge >= 0.3 is 0 Å². The maximum atomic E-state index is 2.33. The zero-order valence-electron chi connectivity index (χ0n) is 10.2. The fourth-order valence-corrected chi connectivity index (χ4v) is 5.20. The van der Waals surface area contributed by atoms with Gasteiger partial charge in [-0.25, -0.2) is 0 Å². The maximum Gasteiger partial charge on any atom is 0.0846 e. The second-order valence-electron chi connectivity index (χ2n) is 4.62. The highest BCUT2D eigenvalue weighted by molar-refractivity contribution is 8.18. The molecule has 0 saturated carbocycles. The summed E-state index contributed by atoms with van der Waals surface area (Å²) in [6.07, 6.45) is 0. The van der Waals surface area contributed by atoms with Gasteiger partial charge in [-0.1, -0.05) is 48.5 Å². The Bertz CT molecular complexity index is 724. The monoisotopic (exact) mass is 280 g/mol. The Labute approximate surface area is 121 Å². The predicted octanol–water partition coefficient (Wildman–Crippen LogP) is 5.74. The van der Waals surface area contributed by atoms with Crippen LogP contribution in [-0.4, -0.2) is 0 Å². The smallest absolute Gasteiger partial charge is 0.0846 e. The second kappa shape index (κ2) is 4.62. The van der Waals surface area contributed by atoms with Gasteiger partial charge in [-0.05, 0) is 34.5 Å². The first kappa shape index (κ1) is 11.4. The number of hydrogen-bond acceptors (Lipinski definition) is 2. The number of rotatable bonds is 1. The highest BCUT2D eigenvalue weighted by Gasteiger charge is 2.24. The standard InChI is InChI=1S/C17H12S2/c1-2-6-13-11-14(10-9-12(13)5-1)17-18-15-7-3-4-8-16(15)19-17/h1-11,17H. The Morgan fingerprint density at radius 1 is 0.632 bits per heavy atom. The summed E-state index contributed by atoms with van der Waals surface area (Å²) >= 11 is 3.92. The van der Waals surface area contributed by atoms with Crippen molar-refractivity contribution in [3.63, 3.8) is 0 Å². The van der Waals surface area contributed by atoms with Gasteiger partial charge in [0.15, 0.2) is 0 Å². The van der Waals surface area contributed by atoms with E-state index in [1.165, 1.54) is 26.1 Å². The Balaban J connectivity index is 1.73. The van der Waals surface area contributed by atoms with Crippen LogP contribution < -0.4 is 0 Å². The molecule has 3 aromatic carbocycles. The Kier molecular flexibility index (Phi) is 2.78. The number of hydrogen-bond donors (Lipinski definition) is 0. The van der Waals surface area contributed by atoms with E-state index in [1.54, 1.807) is 0 Å². The van der Waals surface area contributed by atoms with Crippen molar-refractivity contribution in [2.75, 3.05) is 0 Å². The lowest BCUT2D eigenvalue weighted by atomic mass is 10.1. The van der Waals surface area contributed by atoms with Gasteiger partial charge < -0.3 is 0 Å². The maximum absolute atomic E-state index is 2.33. The summed E-state index contributed by atoms with van der Waals surface area (Å²) in [4.78, 5) is 2.82. The molecule has 0 fully saturated rings. The molecule has 0 atom stereocenters. The van der Waals surface area contributed by atoms with Crippen molar-refractivity contribution >= 4 is 34.3 Å². The summed E-state index contributed by atoms with van der Waals surface area (Å²) < 4.78 is 0.488. The lowest BCUT2D eigenvalue weighted by Crippen LogP contribution is -1.84. The van der Waals surface area contributed by atoms with Crippen LogP contribution in [0.1, 0.15) is 10.1 Å². The van der Waals surface area contributed by atoms with Gasteiger partial charge in [-0.15, -0.1) is 23.5 Å². The van der Waals surface area contributed by atoms with E-state index in [-0.39, 0.29) is 0 Å². The fourth-order valence-electron chi connectivity index (χ4n) is 2.39. The molecule has 0 aromatic heterocycles. The third-order valence-electron chi connectivity index (χ3n) is 3.36. The lowest BCUT2D eigenvalue weighted by molar-refractivity contribution is 1.27. The molecule has 0 spiro atoms. The minimum atomic E-state index is 0.488. The molecule has 0 bridgehead atoms. The lowest BCUT2D eigenvalue weighted by Gasteiger charge is -2.09. The second-order valence-corrected chi connectivity index (χ2v) is 7.21. The van der Waals surface area contributed by atoms with Crippen molar-refractivity contribution in [3.05, 3.63) is 72.3 Å². The molecule has 92 valence electrons. The van der Waals surface area contributed by atoms with E-state index < -0.39 is 0 Å². The van der Waals surface area contributed by atoms with E-state index in [4.69, 9.17) is 0 Å². The van der Waals surface area contributed by atoms with Crippen LogP contribution in [0.2, 0.25) is 0 Å². The SMILES string of the molecule is c1ccc2c(c1)SC(c1ccc3ccccc3c1)S2. The van der Waals surface area contributed by atoms with Gasteiger partial charge in [0.2, 0.25) is 0 Å². The normalized spacial score (nSPS) is 14.7. The van der Waals surface area contributed by atoms with Gasteiger partial charge in [0, 0.05) is 9.79 Å². The molecule has 1 aliphatic rings. The zero-order valence-corrected chi connectivity index (χ0v) is 11.9. The van der Waals surface area contributed by atoms with Gasteiger partial charge in [0.25, 0.3) is 0 Å². The molecule has 0 nitrogen and oxygen atoms in total. The Hall–Kier alpha value is -1.38. The molecule has 0 saturated heterocycles. The van der Waals surface area contributed by atoms with Crippen LogP contribution in [-0.2, 0) is 0 Å². The molecular weight excluding hydrogens is 268 g/mol. The number of fused-ring (bicyclic) bond motifs is 2. The van der Waals surface area contributed by atoms with E-state index in [0.717, 1.165) is 0 Å². The molecule has 0 aliphatic carbocycles. The first-order valence-corrected chi connectivity index (χ1v) is 8.07. The Morgan fingerprint density at radius 3 is 2.00 bits per heavy atom.